The second kappa shape index (κ2) is 3.77. The molecule has 2 N–H and O–H groups in total. The molecule has 0 aliphatic carbocycles. The van der Waals surface area contributed by atoms with Gasteiger partial charge in [0.25, 0.3) is 0 Å². The third-order valence-corrected chi connectivity index (χ3v) is 2.94. The van der Waals surface area contributed by atoms with Crippen molar-refractivity contribution in [1.82, 2.24) is 0 Å². The van der Waals surface area contributed by atoms with Gasteiger partial charge in [0.1, 0.15) is 11.3 Å². The Bertz CT molecular complexity index is 805. The first-order valence-corrected chi connectivity index (χ1v) is 5.50. The Labute approximate surface area is 103 Å². The second-order valence-corrected chi connectivity index (χ2v) is 4.03. The molecular formula is C14H11NO3. The molecule has 3 rings (SSSR count). The minimum absolute atomic E-state index is 0.391. The molecule has 18 heavy (non-hydrogen) atoms. The summed E-state index contributed by atoms with van der Waals surface area (Å²) in [6.07, 6.45) is 0. The fraction of sp³-hybridized carbons (Fsp3) is 0.0714. The van der Waals surface area contributed by atoms with Gasteiger partial charge in [0.15, 0.2) is 0 Å². The summed E-state index contributed by atoms with van der Waals surface area (Å²) in [5.41, 5.74) is 6.35. The summed E-state index contributed by atoms with van der Waals surface area (Å²) in [5, 5.41) is 2.04. The van der Waals surface area contributed by atoms with Gasteiger partial charge in [0.2, 0.25) is 0 Å². The van der Waals surface area contributed by atoms with Crippen LogP contribution in [-0.2, 0) is 0 Å². The van der Waals surface area contributed by atoms with Gasteiger partial charge in [0.05, 0.1) is 17.9 Å². The molecule has 3 aromatic rings. The van der Waals surface area contributed by atoms with E-state index in [-0.39, 0.29) is 0 Å². The molecular weight excluding hydrogens is 230 g/mol. The SMILES string of the molecule is COc1cccc2oc(=O)c3cc(N)ccc3c12. The van der Waals surface area contributed by atoms with Crippen LogP contribution in [0, 0.1) is 0 Å². The number of ether oxygens (including phenoxy) is 1. The van der Waals surface area contributed by atoms with Crippen molar-refractivity contribution in [3.63, 3.8) is 0 Å². The van der Waals surface area contributed by atoms with Gasteiger partial charge < -0.3 is 14.9 Å². The summed E-state index contributed by atoms with van der Waals surface area (Å²) in [6, 6.07) is 10.5. The summed E-state index contributed by atoms with van der Waals surface area (Å²) in [4.78, 5) is 11.9. The zero-order valence-corrected chi connectivity index (χ0v) is 9.77. The predicted molar refractivity (Wildman–Crippen MR) is 71.0 cm³/mol. The highest BCUT2D eigenvalue weighted by molar-refractivity contribution is 6.08. The molecule has 2 aromatic carbocycles. The van der Waals surface area contributed by atoms with Gasteiger partial charge in [-0.2, -0.15) is 0 Å². The van der Waals surface area contributed by atoms with Crippen molar-refractivity contribution in [3.05, 3.63) is 46.8 Å². The smallest absolute Gasteiger partial charge is 0.344 e. The molecule has 0 radical (unpaired) electrons. The van der Waals surface area contributed by atoms with Gasteiger partial charge in [-0.1, -0.05) is 12.1 Å². The lowest BCUT2D eigenvalue weighted by atomic mass is 10.1. The molecule has 1 aromatic heterocycles. The van der Waals surface area contributed by atoms with E-state index >= 15 is 0 Å². The Kier molecular flexibility index (Phi) is 2.23. The number of hydrogen-bond acceptors (Lipinski definition) is 4. The van der Waals surface area contributed by atoms with Crippen molar-refractivity contribution >= 4 is 27.4 Å². The van der Waals surface area contributed by atoms with E-state index in [1.807, 2.05) is 12.1 Å². The van der Waals surface area contributed by atoms with Crippen LogP contribution in [0.4, 0.5) is 5.69 Å². The Morgan fingerprint density at radius 1 is 1.17 bits per heavy atom. The Balaban J connectivity index is 2.62. The number of hydrogen-bond donors (Lipinski definition) is 1. The summed E-state index contributed by atoms with van der Waals surface area (Å²) >= 11 is 0. The van der Waals surface area contributed by atoms with Crippen LogP contribution < -0.4 is 16.1 Å². The van der Waals surface area contributed by atoms with E-state index in [4.69, 9.17) is 14.9 Å². The van der Waals surface area contributed by atoms with Gasteiger partial charge >= 0.3 is 5.63 Å². The van der Waals surface area contributed by atoms with E-state index in [9.17, 15) is 4.79 Å². The molecule has 4 nitrogen and oxygen atoms in total. The first-order chi connectivity index (χ1) is 8.70. The van der Waals surface area contributed by atoms with Crippen molar-refractivity contribution in [2.24, 2.45) is 0 Å². The molecule has 0 bridgehead atoms. The maximum Gasteiger partial charge on any atom is 0.344 e. The third kappa shape index (κ3) is 1.43. The van der Waals surface area contributed by atoms with Crippen LogP contribution >= 0.6 is 0 Å². The van der Waals surface area contributed by atoms with Crippen LogP contribution in [0.5, 0.6) is 5.75 Å². The molecule has 4 heteroatoms. The number of rotatable bonds is 1. The summed E-state index contributed by atoms with van der Waals surface area (Å²) in [7, 11) is 1.59. The van der Waals surface area contributed by atoms with Crippen LogP contribution in [-0.4, -0.2) is 7.11 Å². The molecule has 0 unspecified atom stereocenters. The number of nitrogens with two attached hydrogens (primary N) is 1. The average Bonchev–Trinajstić information content (AvgIpc) is 2.38. The fourth-order valence-corrected chi connectivity index (χ4v) is 2.14. The Morgan fingerprint density at radius 3 is 2.78 bits per heavy atom. The lowest BCUT2D eigenvalue weighted by molar-refractivity contribution is 0.419. The minimum Gasteiger partial charge on any atom is -0.496 e. The monoisotopic (exact) mass is 241 g/mol. The van der Waals surface area contributed by atoms with E-state index in [0.29, 0.717) is 22.4 Å². The Morgan fingerprint density at radius 2 is 2.00 bits per heavy atom. The molecule has 1 heterocycles. The zero-order valence-electron chi connectivity index (χ0n) is 9.77. The van der Waals surface area contributed by atoms with Gasteiger partial charge in [-0.15, -0.1) is 0 Å². The first-order valence-electron chi connectivity index (χ1n) is 5.50. The normalized spacial score (nSPS) is 10.9. The maximum atomic E-state index is 11.9. The van der Waals surface area contributed by atoms with E-state index in [2.05, 4.69) is 0 Å². The highest BCUT2D eigenvalue weighted by atomic mass is 16.5. The van der Waals surface area contributed by atoms with Crippen molar-refractivity contribution < 1.29 is 9.15 Å². The average molecular weight is 241 g/mol. The Hall–Kier alpha value is -2.49. The number of benzene rings is 2. The van der Waals surface area contributed by atoms with Crippen LogP contribution in [0.2, 0.25) is 0 Å². The number of methoxy groups -OCH3 is 1. The van der Waals surface area contributed by atoms with Crippen molar-refractivity contribution in [1.29, 1.82) is 0 Å². The topological polar surface area (TPSA) is 65.5 Å². The molecule has 0 spiro atoms. The van der Waals surface area contributed by atoms with E-state index in [1.54, 1.807) is 31.4 Å². The van der Waals surface area contributed by atoms with Crippen LogP contribution in [0.1, 0.15) is 0 Å². The van der Waals surface area contributed by atoms with E-state index < -0.39 is 5.63 Å². The minimum atomic E-state index is -0.391. The fourth-order valence-electron chi connectivity index (χ4n) is 2.14. The first kappa shape index (κ1) is 10.7. The van der Waals surface area contributed by atoms with Crippen LogP contribution in [0.15, 0.2) is 45.6 Å². The summed E-state index contributed by atoms with van der Waals surface area (Å²) in [6.45, 7) is 0. The van der Waals surface area contributed by atoms with Gasteiger partial charge in [-0.05, 0) is 24.3 Å². The van der Waals surface area contributed by atoms with Crippen LogP contribution in [0.25, 0.3) is 21.7 Å². The maximum absolute atomic E-state index is 11.9. The van der Waals surface area contributed by atoms with Crippen LogP contribution in [0.3, 0.4) is 0 Å². The van der Waals surface area contributed by atoms with E-state index in [0.717, 1.165) is 10.8 Å². The molecule has 0 aliphatic heterocycles. The molecule has 0 saturated carbocycles. The molecule has 90 valence electrons. The predicted octanol–water partition coefficient (Wildman–Crippen LogP) is 2.54. The number of anilines is 1. The largest absolute Gasteiger partial charge is 0.496 e. The van der Waals surface area contributed by atoms with E-state index in [1.165, 1.54) is 0 Å². The molecule has 0 aliphatic rings. The number of fused-ring (bicyclic) bond motifs is 3. The standard InChI is InChI=1S/C14H11NO3/c1-17-11-3-2-4-12-13(11)9-6-5-8(15)7-10(9)14(16)18-12/h2-7H,15H2,1H3. The number of nitrogen functional groups attached to an aromatic ring is 1. The van der Waals surface area contributed by atoms with Crippen molar-refractivity contribution in [2.45, 2.75) is 0 Å². The zero-order chi connectivity index (χ0) is 12.7. The summed E-state index contributed by atoms with van der Waals surface area (Å²) < 4.78 is 10.6. The van der Waals surface area contributed by atoms with Gasteiger partial charge in [-0.3, -0.25) is 0 Å². The second-order valence-electron chi connectivity index (χ2n) is 4.03. The highest BCUT2D eigenvalue weighted by Crippen LogP contribution is 2.31. The van der Waals surface area contributed by atoms with Gasteiger partial charge in [-0.25, -0.2) is 4.79 Å². The molecule has 0 fully saturated rings. The third-order valence-electron chi connectivity index (χ3n) is 2.94. The van der Waals surface area contributed by atoms with Gasteiger partial charge in [0, 0.05) is 11.1 Å². The highest BCUT2D eigenvalue weighted by Gasteiger charge is 2.11. The molecule has 0 saturated heterocycles. The van der Waals surface area contributed by atoms with Crippen molar-refractivity contribution in [2.75, 3.05) is 12.8 Å². The quantitative estimate of drug-likeness (QED) is 0.404. The summed E-state index contributed by atoms with van der Waals surface area (Å²) in [5.74, 6) is 0.672. The lowest BCUT2D eigenvalue weighted by Crippen LogP contribution is -2.01. The van der Waals surface area contributed by atoms with Crippen molar-refractivity contribution in [3.8, 4) is 5.75 Å². The molecule has 0 amide bonds. The molecule has 0 atom stereocenters. The lowest BCUT2D eigenvalue weighted by Gasteiger charge is -2.07.